The number of nitrogens with zero attached hydrogens (tertiary/aromatic N) is 1. The van der Waals surface area contributed by atoms with Gasteiger partial charge in [0.25, 0.3) is 0 Å². The molecule has 1 heterocycles. The van der Waals surface area contributed by atoms with Crippen molar-refractivity contribution in [2.45, 2.75) is 13.5 Å². The average Bonchev–Trinajstić information content (AvgIpc) is 3.06. The molecule has 0 atom stereocenters. The summed E-state index contributed by atoms with van der Waals surface area (Å²) in [5.41, 5.74) is 3.03. The second-order valence-electron chi connectivity index (χ2n) is 5.34. The Hall–Kier alpha value is -2.79. The molecule has 24 heavy (non-hydrogen) atoms. The molecule has 1 aromatic heterocycles. The van der Waals surface area contributed by atoms with Crippen molar-refractivity contribution in [3.05, 3.63) is 70.4 Å². The Balaban J connectivity index is 1.95. The first-order chi connectivity index (χ1) is 11.5. The van der Waals surface area contributed by atoms with Gasteiger partial charge in [0.1, 0.15) is 18.1 Å². The van der Waals surface area contributed by atoms with Crippen LogP contribution >= 0.6 is 11.6 Å². The van der Waals surface area contributed by atoms with Gasteiger partial charge in [-0.25, -0.2) is 4.79 Å². The first-order valence-electron chi connectivity index (χ1n) is 7.30. The molecule has 6 heteroatoms. The second-order valence-corrected chi connectivity index (χ2v) is 5.75. The Kier molecular flexibility index (Phi) is 4.53. The number of aromatic carboxylic acids is 1. The fourth-order valence-electron chi connectivity index (χ4n) is 2.28. The van der Waals surface area contributed by atoms with Crippen LogP contribution in [-0.2, 0) is 6.61 Å². The Morgan fingerprint density at radius 1 is 1.25 bits per heavy atom. The summed E-state index contributed by atoms with van der Waals surface area (Å²) in [7, 11) is 0. The summed E-state index contributed by atoms with van der Waals surface area (Å²) >= 11 is 6.21. The number of benzene rings is 2. The Morgan fingerprint density at radius 2 is 2.00 bits per heavy atom. The zero-order valence-electron chi connectivity index (χ0n) is 12.9. The lowest BCUT2D eigenvalue weighted by Gasteiger charge is -2.12. The first kappa shape index (κ1) is 16.1. The summed E-state index contributed by atoms with van der Waals surface area (Å²) in [6.07, 6.45) is 0. The standard InChI is InChI=1S/C18H15ClN2O3/c1-11-7-17(24-10-12-5-3-2-4-6-12)13(8-14(11)19)15-9-16(18(22)23)21-20-15/h2-9H,10H2,1H3,(H,20,21)(H,22,23). The van der Waals surface area contributed by atoms with Gasteiger partial charge in [0.15, 0.2) is 0 Å². The molecule has 3 rings (SSSR count). The van der Waals surface area contributed by atoms with E-state index >= 15 is 0 Å². The minimum Gasteiger partial charge on any atom is -0.488 e. The lowest BCUT2D eigenvalue weighted by Crippen LogP contribution is -1.98. The molecule has 0 aliphatic rings. The molecular weight excluding hydrogens is 328 g/mol. The molecule has 2 aromatic carbocycles. The monoisotopic (exact) mass is 342 g/mol. The first-order valence-corrected chi connectivity index (χ1v) is 7.68. The molecule has 0 spiro atoms. The highest BCUT2D eigenvalue weighted by Gasteiger charge is 2.15. The topological polar surface area (TPSA) is 75.2 Å². The number of halogens is 1. The number of carboxylic acids is 1. The zero-order chi connectivity index (χ0) is 17.1. The molecule has 0 radical (unpaired) electrons. The van der Waals surface area contributed by atoms with Crippen LogP contribution in [0.3, 0.4) is 0 Å². The Labute approximate surface area is 143 Å². The largest absolute Gasteiger partial charge is 0.488 e. The number of carbonyl (C=O) groups is 1. The van der Waals surface area contributed by atoms with E-state index in [0.29, 0.717) is 28.6 Å². The number of hydrogen-bond donors (Lipinski definition) is 2. The maximum absolute atomic E-state index is 11.0. The van der Waals surface area contributed by atoms with E-state index in [9.17, 15) is 4.79 Å². The van der Waals surface area contributed by atoms with Crippen LogP contribution in [0.25, 0.3) is 11.3 Å². The third-order valence-electron chi connectivity index (χ3n) is 3.58. The van der Waals surface area contributed by atoms with Gasteiger partial charge in [-0.2, -0.15) is 5.10 Å². The van der Waals surface area contributed by atoms with Crippen LogP contribution in [0.2, 0.25) is 5.02 Å². The average molecular weight is 343 g/mol. The number of aromatic amines is 1. The van der Waals surface area contributed by atoms with E-state index in [4.69, 9.17) is 21.4 Å². The van der Waals surface area contributed by atoms with E-state index in [1.54, 1.807) is 6.07 Å². The number of aryl methyl sites for hydroxylation is 1. The number of aromatic nitrogens is 2. The zero-order valence-corrected chi connectivity index (χ0v) is 13.7. The maximum Gasteiger partial charge on any atom is 0.353 e. The van der Waals surface area contributed by atoms with Crippen molar-refractivity contribution >= 4 is 17.6 Å². The summed E-state index contributed by atoms with van der Waals surface area (Å²) in [4.78, 5) is 11.0. The molecule has 2 N–H and O–H groups in total. The van der Waals surface area contributed by atoms with Gasteiger partial charge in [0.05, 0.1) is 5.69 Å². The Bertz CT molecular complexity index is 875. The smallest absolute Gasteiger partial charge is 0.353 e. The van der Waals surface area contributed by atoms with Crippen molar-refractivity contribution in [2.75, 3.05) is 0 Å². The van der Waals surface area contributed by atoms with Crippen molar-refractivity contribution < 1.29 is 14.6 Å². The number of rotatable bonds is 5. The quantitative estimate of drug-likeness (QED) is 0.724. The highest BCUT2D eigenvalue weighted by Crippen LogP contribution is 2.34. The molecule has 0 bridgehead atoms. The van der Waals surface area contributed by atoms with E-state index < -0.39 is 5.97 Å². The van der Waals surface area contributed by atoms with Crippen molar-refractivity contribution in [1.29, 1.82) is 0 Å². The van der Waals surface area contributed by atoms with E-state index in [-0.39, 0.29) is 5.69 Å². The highest BCUT2D eigenvalue weighted by molar-refractivity contribution is 6.31. The van der Waals surface area contributed by atoms with Crippen LogP contribution in [0.4, 0.5) is 0 Å². The molecule has 0 aliphatic heterocycles. The minimum atomic E-state index is -1.07. The molecular formula is C18H15ClN2O3. The van der Waals surface area contributed by atoms with Crippen LogP contribution in [-0.4, -0.2) is 21.3 Å². The number of H-pyrrole nitrogens is 1. The van der Waals surface area contributed by atoms with Gasteiger partial charge in [-0.15, -0.1) is 0 Å². The van der Waals surface area contributed by atoms with Crippen LogP contribution in [0.15, 0.2) is 48.5 Å². The van der Waals surface area contributed by atoms with Crippen LogP contribution in [0.1, 0.15) is 21.6 Å². The van der Waals surface area contributed by atoms with Crippen molar-refractivity contribution in [1.82, 2.24) is 10.2 Å². The van der Waals surface area contributed by atoms with Crippen LogP contribution in [0.5, 0.6) is 5.75 Å². The summed E-state index contributed by atoms with van der Waals surface area (Å²) in [6.45, 7) is 2.28. The summed E-state index contributed by atoms with van der Waals surface area (Å²) in [6, 6.07) is 14.8. The second kappa shape index (κ2) is 6.76. The lowest BCUT2D eigenvalue weighted by atomic mass is 10.1. The fraction of sp³-hybridized carbons (Fsp3) is 0.111. The normalized spacial score (nSPS) is 10.6. The third kappa shape index (κ3) is 3.41. The van der Waals surface area contributed by atoms with E-state index in [1.807, 2.05) is 43.3 Å². The van der Waals surface area contributed by atoms with Crippen LogP contribution < -0.4 is 4.74 Å². The fourth-order valence-corrected chi connectivity index (χ4v) is 2.44. The van der Waals surface area contributed by atoms with E-state index in [1.165, 1.54) is 6.07 Å². The lowest BCUT2D eigenvalue weighted by molar-refractivity contribution is 0.0690. The predicted molar refractivity (Wildman–Crippen MR) is 91.5 cm³/mol. The summed E-state index contributed by atoms with van der Waals surface area (Å²) in [5, 5.41) is 16.1. The SMILES string of the molecule is Cc1cc(OCc2ccccc2)c(-c2cc(C(=O)O)[nH]n2)cc1Cl. The van der Waals surface area contributed by atoms with Crippen molar-refractivity contribution in [3.8, 4) is 17.0 Å². The molecule has 122 valence electrons. The van der Waals surface area contributed by atoms with Gasteiger partial charge in [-0.1, -0.05) is 41.9 Å². The molecule has 0 aliphatic carbocycles. The molecule has 0 fully saturated rings. The molecule has 3 aromatic rings. The van der Waals surface area contributed by atoms with Gasteiger partial charge in [-0.3, -0.25) is 5.10 Å². The molecule has 0 amide bonds. The number of nitrogens with one attached hydrogen (secondary N) is 1. The number of hydrogen-bond acceptors (Lipinski definition) is 3. The molecule has 0 unspecified atom stereocenters. The van der Waals surface area contributed by atoms with Crippen LogP contribution in [0, 0.1) is 6.92 Å². The predicted octanol–water partition coefficient (Wildman–Crippen LogP) is 4.32. The minimum absolute atomic E-state index is 0.00991. The summed E-state index contributed by atoms with van der Waals surface area (Å²) < 4.78 is 5.92. The molecule has 5 nitrogen and oxygen atoms in total. The van der Waals surface area contributed by atoms with E-state index in [0.717, 1.165) is 11.1 Å². The maximum atomic E-state index is 11.0. The van der Waals surface area contributed by atoms with Crippen molar-refractivity contribution in [3.63, 3.8) is 0 Å². The van der Waals surface area contributed by atoms with Gasteiger partial charge in [0.2, 0.25) is 0 Å². The number of ether oxygens (including phenoxy) is 1. The van der Waals surface area contributed by atoms with E-state index in [2.05, 4.69) is 10.2 Å². The summed E-state index contributed by atoms with van der Waals surface area (Å²) in [5.74, 6) is -0.470. The third-order valence-corrected chi connectivity index (χ3v) is 3.99. The van der Waals surface area contributed by atoms with Gasteiger partial charge in [0, 0.05) is 10.6 Å². The van der Waals surface area contributed by atoms with Gasteiger partial charge < -0.3 is 9.84 Å². The molecule has 0 saturated heterocycles. The van der Waals surface area contributed by atoms with Crippen molar-refractivity contribution in [2.24, 2.45) is 0 Å². The highest BCUT2D eigenvalue weighted by atomic mass is 35.5. The molecule has 0 saturated carbocycles. The van der Waals surface area contributed by atoms with Gasteiger partial charge in [-0.05, 0) is 36.2 Å². The van der Waals surface area contributed by atoms with Gasteiger partial charge >= 0.3 is 5.97 Å². The number of carboxylic acid groups (broad SMARTS) is 1. The Morgan fingerprint density at radius 3 is 2.67 bits per heavy atom.